The molecule has 1 heterocycles. The van der Waals surface area contributed by atoms with Crippen molar-refractivity contribution >= 4 is 46.7 Å². The van der Waals surface area contributed by atoms with Crippen molar-refractivity contribution in [2.75, 3.05) is 0 Å². The fourth-order valence-electron chi connectivity index (χ4n) is 4.06. The maximum absolute atomic E-state index is 13.6. The molecule has 1 aromatic heterocycles. The van der Waals surface area contributed by atoms with Crippen LogP contribution in [0.4, 0.5) is 13.2 Å². The Kier molecular flexibility index (Phi) is 11.6. The first-order valence-corrected chi connectivity index (χ1v) is 13.8. The Balaban J connectivity index is 1.92. The van der Waals surface area contributed by atoms with E-state index in [4.69, 9.17) is 23.2 Å². The summed E-state index contributed by atoms with van der Waals surface area (Å²) < 4.78 is 39.8. The smallest absolute Gasteiger partial charge is 0.344 e. The molecule has 0 aliphatic heterocycles. The van der Waals surface area contributed by atoms with Gasteiger partial charge >= 0.3 is 6.18 Å². The standard InChI is InChI=1S/C29H28Cl2F3N5O4/c1-16(2)24(25(40)29(32,33)34)39-27(42)21(13-17-6-4-3-5-7-17)37-26(41)22(14-18-8-9-19(30)20(31)12-18)38-28(43)23-15-35-10-11-36-23/h3-12,15-16,21-22,24H,13-14H2,1-2H3,(H,37,41)(H,38,43)(H,39,42). The lowest BCUT2D eigenvalue weighted by molar-refractivity contribution is -0.175. The first-order valence-electron chi connectivity index (χ1n) is 13.0. The zero-order valence-corrected chi connectivity index (χ0v) is 24.5. The van der Waals surface area contributed by atoms with E-state index < -0.39 is 53.7 Å². The maximum Gasteiger partial charge on any atom is 0.452 e. The largest absolute Gasteiger partial charge is 0.452 e. The molecule has 3 amide bonds. The van der Waals surface area contributed by atoms with E-state index in [-0.39, 0.29) is 28.6 Å². The topological polar surface area (TPSA) is 130 Å². The molecule has 3 rings (SSSR count). The summed E-state index contributed by atoms with van der Waals surface area (Å²) in [6, 6.07) is 8.43. The Bertz CT molecular complexity index is 1440. The lowest BCUT2D eigenvalue weighted by Gasteiger charge is -2.27. The van der Waals surface area contributed by atoms with Gasteiger partial charge in [-0.05, 0) is 29.2 Å². The number of nitrogens with zero attached hydrogens (tertiary/aromatic N) is 2. The summed E-state index contributed by atoms with van der Waals surface area (Å²) in [6.45, 7) is 2.71. The highest BCUT2D eigenvalue weighted by atomic mass is 35.5. The van der Waals surface area contributed by atoms with Crippen LogP contribution in [0.15, 0.2) is 67.1 Å². The molecule has 0 fully saturated rings. The normalized spacial score (nSPS) is 13.5. The van der Waals surface area contributed by atoms with Gasteiger partial charge in [-0.3, -0.25) is 24.2 Å². The molecule has 228 valence electrons. The molecule has 2 aromatic carbocycles. The molecule has 0 spiro atoms. The fourth-order valence-corrected chi connectivity index (χ4v) is 4.38. The zero-order valence-electron chi connectivity index (χ0n) is 23.0. The molecular formula is C29H28Cl2F3N5O4. The Morgan fingerprint density at radius 1 is 0.814 bits per heavy atom. The number of hydrogen-bond acceptors (Lipinski definition) is 6. The van der Waals surface area contributed by atoms with Crippen molar-refractivity contribution in [1.29, 1.82) is 0 Å². The zero-order chi connectivity index (χ0) is 31.7. The number of nitrogens with one attached hydrogen (secondary N) is 3. The number of aromatic nitrogens is 2. The maximum atomic E-state index is 13.6. The number of amides is 3. The number of benzene rings is 2. The van der Waals surface area contributed by atoms with E-state index in [9.17, 15) is 32.3 Å². The molecule has 3 unspecified atom stereocenters. The van der Waals surface area contributed by atoms with Crippen molar-refractivity contribution in [2.45, 2.75) is 51.0 Å². The number of rotatable bonds is 12. The predicted molar refractivity (Wildman–Crippen MR) is 153 cm³/mol. The lowest BCUT2D eigenvalue weighted by atomic mass is 9.97. The van der Waals surface area contributed by atoms with Crippen LogP contribution in [0.25, 0.3) is 0 Å². The summed E-state index contributed by atoms with van der Waals surface area (Å²) in [6.07, 6.45) is -1.57. The van der Waals surface area contributed by atoms with Crippen molar-refractivity contribution in [3.63, 3.8) is 0 Å². The van der Waals surface area contributed by atoms with E-state index in [2.05, 4.69) is 25.9 Å². The average molecular weight is 638 g/mol. The molecule has 43 heavy (non-hydrogen) atoms. The monoisotopic (exact) mass is 637 g/mol. The Morgan fingerprint density at radius 3 is 2.02 bits per heavy atom. The van der Waals surface area contributed by atoms with Gasteiger partial charge in [-0.1, -0.05) is 73.4 Å². The van der Waals surface area contributed by atoms with Gasteiger partial charge in [-0.25, -0.2) is 4.98 Å². The van der Waals surface area contributed by atoms with E-state index in [1.165, 1.54) is 44.6 Å². The summed E-state index contributed by atoms with van der Waals surface area (Å²) >= 11 is 12.1. The van der Waals surface area contributed by atoms with Gasteiger partial charge in [0.25, 0.3) is 11.7 Å². The first-order chi connectivity index (χ1) is 20.3. The molecule has 9 nitrogen and oxygen atoms in total. The number of alkyl halides is 3. The van der Waals surface area contributed by atoms with Crippen molar-refractivity contribution in [3.05, 3.63) is 94.0 Å². The second kappa shape index (κ2) is 14.9. The average Bonchev–Trinajstić information content (AvgIpc) is 2.96. The van der Waals surface area contributed by atoms with Crippen molar-refractivity contribution in [3.8, 4) is 0 Å². The van der Waals surface area contributed by atoms with Gasteiger partial charge in [0.15, 0.2) is 0 Å². The van der Waals surface area contributed by atoms with Crippen LogP contribution in [-0.4, -0.2) is 57.8 Å². The highest BCUT2D eigenvalue weighted by Gasteiger charge is 2.45. The number of ketones is 1. The van der Waals surface area contributed by atoms with E-state index in [0.717, 1.165) is 0 Å². The molecule has 3 atom stereocenters. The molecule has 0 saturated heterocycles. The highest BCUT2D eigenvalue weighted by molar-refractivity contribution is 6.42. The quantitative estimate of drug-likeness (QED) is 0.274. The summed E-state index contributed by atoms with van der Waals surface area (Å²) in [5.41, 5.74) is 1.00. The third kappa shape index (κ3) is 9.75. The number of hydrogen-bond donors (Lipinski definition) is 3. The molecule has 14 heteroatoms. The van der Waals surface area contributed by atoms with Gasteiger partial charge in [0.05, 0.1) is 22.3 Å². The van der Waals surface area contributed by atoms with E-state index in [1.54, 1.807) is 36.4 Å². The van der Waals surface area contributed by atoms with Gasteiger partial charge in [-0.2, -0.15) is 13.2 Å². The third-order valence-electron chi connectivity index (χ3n) is 6.28. The fraction of sp³-hybridized carbons (Fsp3) is 0.310. The summed E-state index contributed by atoms with van der Waals surface area (Å²) in [5, 5.41) is 7.72. The molecule has 3 N–H and O–H groups in total. The van der Waals surface area contributed by atoms with Crippen molar-refractivity contribution in [1.82, 2.24) is 25.9 Å². The minimum absolute atomic E-state index is 0.0848. The number of halogens is 5. The van der Waals surface area contributed by atoms with Gasteiger partial charge < -0.3 is 16.0 Å². The molecular weight excluding hydrogens is 610 g/mol. The first kappa shape index (κ1) is 33.5. The van der Waals surface area contributed by atoms with Crippen LogP contribution in [0.1, 0.15) is 35.5 Å². The number of Topliss-reactive ketones (excluding diaryl/α,β-unsaturated/α-hetero) is 1. The molecule has 0 bridgehead atoms. The Hall–Kier alpha value is -4.03. The van der Waals surface area contributed by atoms with Crippen molar-refractivity contribution in [2.24, 2.45) is 5.92 Å². The van der Waals surface area contributed by atoms with Crippen LogP contribution < -0.4 is 16.0 Å². The van der Waals surface area contributed by atoms with Crippen LogP contribution in [-0.2, 0) is 27.2 Å². The molecule has 0 radical (unpaired) electrons. The van der Waals surface area contributed by atoms with Crippen LogP contribution in [0.2, 0.25) is 10.0 Å². The third-order valence-corrected chi connectivity index (χ3v) is 7.02. The summed E-state index contributed by atoms with van der Waals surface area (Å²) in [7, 11) is 0. The lowest BCUT2D eigenvalue weighted by Crippen LogP contribution is -2.58. The Labute approximate surface area is 255 Å². The minimum atomic E-state index is -5.18. The van der Waals surface area contributed by atoms with E-state index in [1.807, 2.05) is 0 Å². The summed E-state index contributed by atoms with van der Waals surface area (Å²) in [4.78, 5) is 59.7. The van der Waals surface area contributed by atoms with E-state index in [0.29, 0.717) is 11.1 Å². The van der Waals surface area contributed by atoms with Crippen LogP contribution in [0.3, 0.4) is 0 Å². The van der Waals surface area contributed by atoms with Gasteiger partial charge in [0.2, 0.25) is 11.8 Å². The summed E-state index contributed by atoms with van der Waals surface area (Å²) in [5.74, 6) is -5.60. The highest BCUT2D eigenvalue weighted by Crippen LogP contribution is 2.24. The molecule has 3 aromatic rings. The van der Waals surface area contributed by atoms with Crippen LogP contribution >= 0.6 is 23.2 Å². The Morgan fingerprint density at radius 2 is 1.44 bits per heavy atom. The van der Waals surface area contributed by atoms with Gasteiger partial charge in [0, 0.05) is 25.2 Å². The number of carbonyl (C=O) groups is 4. The minimum Gasteiger partial charge on any atom is -0.344 e. The SMILES string of the molecule is CC(C)C(NC(=O)C(Cc1ccccc1)NC(=O)C(Cc1ccc(Cl)c(Cl)c1)NC(=O)c1cnccn1)C(=O)C(F)(F)F. The van der Waals surface area contributed by atoms with Crippen molar-refractivity contribution < 1.29 is 32.3 Å². The van der Waals surface area contributed by atoms with Crippen LogP contribution in [0, 0.1) is 5.92 Å². The molecule has 0 saturated carbocycles. The van der Waals surface area contributed by atoms with Crippen LogP contribution in [0.5, 0.6) is 0 Å². The second-order valence-electron chi connectivity index (χ2n) is 9.91. The van der Waals surface area contributed by atoms with Gasteiger partial charge in [0.1, 0.15) is 17.8 Å². The number of carbonyl (C=O) groups excluding carboxylic acids is 4. The predicted octanol–water partition coefficient (Wildman–Crippen LogP) is 4.12. The second-order valence-corrected chi connectivity index (χ2v) is 10.7. The molecule has 0 aliphatic carbocycles. The molecule has 0 aliphatic rings. The van der Waals surface area contributed by atoms with Gasteiger partial charge in [-0.15, -0.1) is 0 Å². The van der Waals surface area contributed by atoms with E-state index >= 15 is 0 Å².